The van der Waals surface area contributed by atoms with Gasteiger partial charge in [0.25, 0.3) is 0 Å². The van der Waals surface area contributed by atoms with Gasteiger partial charge in [-0.2, -0.15) is 4.98 Å². The van der Waals surface area contributed by atoms with E-state index < -0.39 is 5.97 Å². The maximum absolute atomic E-state index is 10.5. The first-order chi connectivity index (χ1) is 9.52. The number of aromatic nitrogens is 5. The molecular weight excluding hydrogens is 262 g/mol. The van der Waals surface area contributed by atoms with E-state index in [1.807, 2.05) is 0 Å². The highest BCUT2D eigenvalue weighted by Gasteiger charge is 2.10. The number of hydrogen-bond donors (Lipinski definition) is 1. The zero-order valence-electron chi connectivity index (χ0n) is 11.5. The Labute approximate surface area is 115 Å². The van der Waals surface area contributed by atoms with Gasteiger partial charge >= 0.3 is 5.97 Å². The SMILES string of the molecule is CC(C)Cc1nc(Cn2cc(CCC(=O)O)nn2)no1. The largest absolute Gasteiger partial charge is 0.481 e. The molecule has 0 unspecified atom stereocenters. The van der Waals surface area contributed by atoms with E-state index in [0.29, 0.717) is 36.3 Å². The first-order valence-electron chi connectivity index (χ1n) is 6.45. The number of aliphatic carboxylic acids is 1. The minimum absolute atomic E-state index is 0.0411. The molecule has 0 saturated carbocycles. The third-order valence-corrected chi connectivity index (χ3v) is 2.58. The molecule has 0 spiro atoms. The van der Waals surface area contributed by atoms with Crippen LogP contribution in [-0.4, -0.2) is 36.2 Å². The van der Waals surface area contributed by atoms with E-state index in [2.05, 4.69) is 34.3 Å². The average molecular weight is 279 g/mol. The van der Waals surface area contributed by atoms with E-state index >= 15 is 0 Å². The van der Waals surface area contributed by atoms with Crippen molar-refractivity contribution in [3.05, 3.63) is 23.6 Å². The Bertz CT molecular complexity index is 575. The molecule has 0 fully saturated rings. The van der Waals surface area contributed by atoms with Crippen molar-refractivity contribution in [3.63, 3.8) is 0 Å². The molecule has 1 N–H and O–H groups in total. The van der Waals surface area contributed by atoms with Gasteiger partial charge in [0.15, 0.2) is 5.82 Å². The average Bonchev–Trinajstić information content (AvgIpc) is 2.96. The van der Waals surface area contributed by atoms with E-state index in [9.17, 15) is 4.79 Å². The molecule has 0 aliphatic carbocycles. The Balaban J connectivity index is 1.92. The third-order valence-electron chi connectivity index (χ3n) is 2.58. The Morgan fingerprint density at radius 1 is 1.50 bits per heavy atom. The fraction of sp³-hybridized carbons (Fsp3) is 0.583. The normalized spacial score (nSPS) is 11.2. The number of nitrogens with zero attached hydrogens (tertiary/aromatic N) is 5. The number of aryl methyl sites for hydroxylation is 1. The van der Waals surface area contributed by atoms with Crippen molar-refractivity contribution in [2.24, 2.45) is 5.92 Å². The van der Waals surface area contributed by atoms with Crippen LogP contribution < -0.4 is 0 Å². The van der Waals surface area contributed by atoms with E-state index in [0.717, 1.165) is 6.42 Å². The molecule has 0 aliphatic rings. The topological polar surface area (TPSA) is 107 Å². The van der Waals surface area contributed by atoms with Crippen LogP contribution in [0, 0.1) is 5.92 Å². The van der Waals surface area contributed by atoms with Crippen molar-refractivity contribution in [1.29, 1.82) is 0 Å². The van der Waals surface area contributed by atoms with Gasteiger partial charge in [0, 0.05) is 19.0 Å². The first-order valence-corrected chi connectivity index (χ1v) is 6.45. The summed E-state index contributed by atoms with van der Waals surface area (Å²) in [5, 5.41) is 20.3. The second-order valence-corrected chi connectivity index (χ2v) is 5.00. The van der Waals surface area contributed by atoms with Gasteiger partial charge in [-0.3, -0.25) is 4.79 Å². The third kappa shape index (κ3) is 4.15. The van der Waals surface area contributed by atoms with Crippen LogP contribution in [-0.2, 0) is 24.2 Å². The van der Waals surface area contributed by atoms with Crippen LogP contribution in [0.5, 0.6) is 0 Å². The maximum Gasteiger partial charge on any atom is 0.303 e. The summed E-state index contributed by atoms with van der Waals surface area (Å²) in [6.07, 6.45) is 2.84. The summed E-state index contributed by atoms with van der Waals surface area (Å²) in [5.41, 5.74) is 0.637. The Kier molecular flexibility index (Phi) is 4.44. The van der Waals surface area contributed by atoms with Crippen LogP contribution >= 0.6 is 0 Å². The van der Waals surface area contributed by atoms with Gasteiger partial charge in [0.2, 0.25) is 5.89 Å². The summed E-state index contributed by atoms with van der Waals surface area (Å²) in [6.45, 7) is 4.52. The molecule has 8 nitrogen and oxygen atoms in total. The van der Waals surface area contributed by atoms with Gasteiger partial charge in [-0.25, -0.2) is 4.68 Å². The second kappa shape index (κ2) is 6.27. The first kappa shape index (κ1) is 14.2. The van der Waals surface area contributed by atoms with Crippen LogP contribution in [0.3, 0.4) is 0 Å². The molecule has 8 heteroatoms. The molecule has 2 aromatic rings. The summed E-state index contributed by atoms with van der Waals surface area (Å²) in [6, 6.07) is 0. The van der Waals surface area contributed by atoms with Crippen LogP contribution in [0.25, 0.3) is 0 Å². The number of carboxylic acids is 1. The number of rotatable bonds is 7. The Morgan fingerprint density at radius 2 is 2.30 bits per heavy atom. The fourth-order valence-corrected chi connectivity index (χ4v) is 1.70. The highest BCUT2D eigenvalue weighted by atomic mass is 16.5. The summed E-state index contributed by atoms with van der Waals surface area (Å²) in [4.78, 5) is 14.7. The maximum atomic E-state index is 10.5. The molecule has 0 bridgehead atoms. The molecule has 20 heavy (non-hydrogen) atoms. The van der Waals surface area contributed by atoms with Gasteiger partial charge < -0.3 is 9.63 Å². The molecule has 0 aromatic carbocycles. The zero-order valence-corrected chi connectivity index (χ0v) is 11.5. The monoisotopic (exact) mass is 279 g/mol. The van der Waals surface area contributed by atoms with E-state index in [1.54, 1.807) is 10.9 Å². The van der Waals surface area contributed by atoms with Gasteiger partial charge in [-0.1, -0.05) is 24.2 Å². The van der Waals surface area contributed by atoms with Crippen LogP contribution in [0.2, 0.25) is 0 Å². The minimum atomic E-state index is -0.851. The lowest BCUT2D eigenvalue weighted by Gasteiger charge is -1.96. The standard InChI is InChI=1S/C12H17N5O3/c1-8(2)5-11-13-10(15-20-11)7-17-6-9(14-16-17)3-4-12(18)19/h6,8H,3-5,7H2,1-2H3,(H,18,19). The van der Waals surface area contributed by atoms with Gasteiger partial charge in [0.1, 0.15) is 6.54 Å². The Morgan fingerprint density at radius 3 is 3.00 bits per heavy atom. The van der Waals surface area contributed by atoms with Crippen molar-refractivity contribution in [2.75, 3.05) is 0 Å². The van der Waals surface area contributed by atoms with Gasteiger partial charge in [-0.05, 0) is 5.92 Å². The minimum Gasteiger partial charge on any atom is -0.481 e. The smallest absolute Gasteiger partial charge is 0.303 e. The van der Waals surface area contributed by atoms with Crippen molar-refractivity contribution in [3.8, 4) is 0 Å². The molecule has 0 atom stereocenters. The molecule has 108 valence electrons. The van der Waals surface area contributed by atoms with Crippen LogP contribution in [0.4, 0.5) is 0 Å². The van der Waals surface area contributed by atoms with Crippen molar-refractivity contribution in [1.82, 2.24) is 25.1 Å². The zero-order chi connectivity index (χ0) is 14.5. The lowest BCUT2D eigenvalue weighted by atomic mass is 10.1. The molecular formula is C12H17N5O3. The molecule has 2 aromatic heterocycles. The molecule has 0 amide bonds. The van der Waals surface area contributed by atoms with Crippen LogP contribution in [0.15, 0.2) is 10.7 Å². The number of hydrogen-bond acceptors (Lipinski definition) is 6. The van der Waals surface area contributed by atoms with Crippen LogP contribution in [0.1, 0.15) is 37.7 Å². The van der Waals surface area contributed by atoms with E-state index in [4.69, 9.17) is 9.63 Å². The van der Waals surface area contributed by atoms with E-state index in [1.165, 1.54) is 0 Å². The molecule has 0 aliphatic heterocycles. The Hall–Kier alpha value is -2.25. The lowest BCUT2D eigenvalue weighted by Crippen LogP contribution is -2.03. The molecule has 2 heterocycles. The second-order valence-electron chi connectivity index (χ2n) is 5.00. The van der Waals surface area contributed by atoms with Gasteiger partial charge in [0.05, 0.1) is 12.1 Å². The predicted molar refractivity (Wildman–Crippen MR) is 67.9 cm³/mol. The molecule has 2 rings (SSSR count). The quantitative estimate of drug-likeness (QED) is 0.803. The van der Waals surface area contributed by atoms with E-state index in [-0.39, 0.29) is 6.42 Å². The predicted octanol–water partition coefficient (Wildman–Crippen LogP) is 0.925. The fourth-order valence-electron chi connectivity index (χ4n) is 1.70. The number of carboxylic acid groups (broad SMARTS) is 1. The molecule has 0 saturated heterocycles. The highest BCUT2D eigenvalue weighted by molar-refractivity contribution is 5.66. The highest BCUT2D eigenvalue weighted by Crippen LogP contribution is 2.06. The summed E-state index contributed by atoms with van der Waals surface area (Å²) in [7, 11) is 0. The van der Waals surface area contributed by atoms with Crippen molar-refractivity contribution < 1.29 is 14.4 Å². The molecule has 0 radical (unpaired) electrons. The summed E-state index contributed by atoms with van der Waals surface area (Å²) in [5.74, 6) is 0.755. The summed E-state index contributed by atoms with van der Waals surface area (Å²) >= 11 is 0. The number of carbonyl (C=O) groups is 1. The lowest BCUT2D eigenvalue weighted by molar-refractivity contribution is -0.136. The van der Waals surface area contributed by atoms with Crippen molar-refractivity contribution in [2.45, 2.75) is 39.7 Å². The van der Waals surface area contributed by atoms with Gasteiger partial charge in [-0.15, -0.1) is 5.10 Å². The summed E-state index contributed by atoms with van der Waals surface area (Å²) < 4.78 is 6.70. The van der Waals surface area contributed by atoms with Crippen molar-refractivity contribution >= 4 is 5.97 Å².